The molecule has 0 atom stereocenters. The second kappa shape index (κ2) is 9.67. The van der Waals surface area contributed by atoms with Gasteiger partial charge in [-0.15, -0.1) is 0 Å². The van der Waals surface area contributed by atoms with Crippen LogP contribution in [0.25, 0.3) is 12.2 Å². The summed E-state index contributed by atoms with van der Waals surface area (Å²) < 4.78 is 17.6. The van der Waals surface area contributed by atoms with Crippen LogP contribution in [-0.2, 0) is 6.54 Å². The summed E-state index contributed by atoms with van der Waals surface area (Å²) in [7, 11) is 4.66. The van der Waals surface area contributed by atoms with Gasteiger partial charge in [-0.1, -0.05) is 24.3 Å². The molecule has 7 nitrogen and oxygen atoms in total. The van der Waals surface area contributed by atoms with E-state index in [0.29, 0.717) is 23.8 Å². The zero-order chi connectivity index (χ0) is 22.4. The minimum Gasteiger partial charge on any atom is -0.493 e. The molecule has 3 aromatic rings. The fourth-order valence-corrected chi connectivity index (χ4v) is 3.10. The van der Waals surface area contributed by atoms with Gasteiger partial charge >= 0.3 is 5.97 Å². The van der Waals surface area contributed by atoms with E-state index in [9.17, 15) is 9.59 Å². The molecule has 1 aromatic heterocycles. The summed E-state index contributed by atoms with van der Waals surface area (Å²) in [6, 6.07) is 13.5. The van der Waals surface area contributed by atoms with E-state index in [0.717, 1.165) is 16.7 Å². The first-order valence-corrected chi connectivity index (χ1v) is 9.46. The van der Waals surface area contributed by atoms with Gasteiger partial charge in [-0.3, -0.25) is 4.79 Å². The Hall–Kier alpha value is -4.00. The number of rotatable bonds is 8. The van der Waals surface area contributed by atoms with E-state index in [4.69, 9.17) is 19.3 Å². The highest BCUT2D eigenvalue weighted by molar-refractivity contribution is 5.87. The highest BCUT2D eigenvalue weighted by Crippen LogP contribution is 2.38. The molecule has 0 radical (unpaired) electrons. The average Bonchev–Trinajstić information content (AvgIpc) is 2.78. The van der Waals surface area contributed by atoms with E-state index < -0.39 is 5.97 Å². The molecule has 0 saturated carbocycles. The maximum absolute atomic E-state index is 12.5. The molecule has 0 aliphatic heterocycles. The van der Waals surface area contributed by atoms with Crippen LogP contribution in [-0.4, -0.2) is 37.0 Å². The first-order chi connectivity index (χ1) is 14.9. The second-order valence-corrected chi connectivity index (χ2v) is 6.72. The minimum absolute atomic E-state index is 0.158. The van der Waals surface area contributed by atoms with Crippen LogP contribution in [0.1, 0.15) is 27.0 Å². The van der Waals surface area contributed by atoms with Crippen LogP contribution < -0.4 is 19.8 Å². The number of nitrogens with zero attached hydrogens (tertiary/aromatic N) is 1. The predicted octanol–water partition coefficient (Wildman–Crippen LogP) is 3.79. The number of ether oxygens (including phenoxy) is 3. The van der Waals surface area contributed by atoms with Crippen LogP contribution in [0.3, 0.4) is 0 Å². The molecule has 31 heavy (non-hydrogen) atoms. The zero-order valence-corrected chi connectivity index (χ0v) is 17.5. The summed E-state index contributed by atoms with van der Waals surface area (Å²) in [5.41, 5.74) is 2.47. The highest BCUT2D eigenvalue weighted by Gasteiger charge is 2.12. The van der Waals surface area contributed by atoms with Crippen LogP contribution in [0.4, 0.5) is 0 Å². The Kier molecular flexibility index (Phi) is 6.77. The van der Waals surface area contributed by atoms with Crippen LogP contribution in [0, 0.1) is 0 Å². The van der Waals surface area contributed by atoms with Gasteiger partial charge < -0.3 is 23.9 Å². The van der Waals surface area contributed by atoms with Gasteiger partial charge in [0.25, 0.3) is 5.56 Å². The Morgan fingerprint density at radius 2 is 1.52 bits per heavy atom. The van der Waals surface area contributed by atoms with Gasteiger partial charge in [-0.2, -0.15) is 0 Å². The summed E-state index contributed by atoms with van der Waals surface area (Å²) >= 11 is 0. The number of methoxy groups -OCH3 is 3. The van der Waals surface area contributed by atoms with Crippen molar-refractivity contribution < 1.29 is 24.1 Å². The molecule has 1 N–H and O–H groups in total. The third-order valence-electron chi connectivity index (χ3n) is 4.73. The highest BCUT2D eigenvalue weighted by atomic mass is 16.5. The van der Waals surface area contributed by atoms with E-state index >= 15 is 0 Å². The molecule has 0 fully saturated rings. The Balaban J connectivity index is 1.79. The lowest BCUT2D eigenvalue weighted by molar-refractivity contribution is 0.0697. The zero-order valence-electron chi connectivity index (χ0n) is 17.5. The van der Waals surface area contributed by atoms with Crippen molar-refractivity contribution in [3.8, 4) is 17.2 Å². The maximum Gasteiger partial charge on any atom is 0.335 e. The number of carbonyl (C=O) groups is 1. The molecule has 0 amide bonds. The average molecular weight is 421 g/mol. The molecule has 0 aliphatic carbocycles. The normalized spacial score (nSPS) is 10.8. The molecule has 0 spiro atoms. The summed E-state index contributed by atoms with van der Waals surface area (Å²) in [5.74, 6) is 0.629. The minimum atomic E-state index is -0.980. The van der Waals surface area contributed by atoms with Crippen molar-refractivity contribution in [2.45, 2.75) is 6.54 Å². The fraction of sp³-hybridized carbons (Fsp3) is 0.167. The summed E-state index contributed by atoms with van der Waals surface area (Å²) in [6.07, 6.45) is 5.39. The summed E-state index contributed by atoms with van der Waals surface area (Å²) in [5, 5.41) is 8.98. The Bertz CT molecular complexity index is 1140. The number of aromatic nitrogens is 1. The molecule has 160 valence electrons. The molecule has 0 saturated heterocycles. The number of carboxylic acids is 1. The predicted molar refractivity (Wildman–Crippen MR) is 118 cm³/mol. The Morgan fingerprint density at radius 3 is 2.03 bits per heavy atom. The summed E-state index contributed by atoms with van der Waals surface area (Å²) in [4.78, 5) is 23.4. The first kappa shape index (κ1) is 21.7. The molecule has 7 heteroatoms. The van der Waals surface area contributed by atoms with Gasteiger partial charge in [0.2, 0.25) is 5.75 Å². The molecule has 0 unspecified atom stereocenters. The largest absolute Gasteiger partial charge is 0.493 e. The van der Waals surface area contributed by atoms with Gasteiger partial charge in [-0.25, -0.2) is 4.79 Å². The number of pyridine rings is 1. The maximum atomic E-state index is 12.5. The van der Waals surface area contributed by atoms with Crippen molar-refractivity contribution in [3.63, 3.8) is 0 Å². The SMILES string of the molecule is COc1cc(/C=C/c2ccn(Cc3ccc(C(=O)O)cc3)c(=O)c2)cc(OC)c1OC. The molecule has 2 aromatic carbocycles. The number of aromatic carboxylic acids is 1. The Morgan fingerprint density at radius 1 is 0.903 bits per heavy atom. The van der Waals surface area contributed by atoms with Gasteiger partial charge in [0.15, 0.2) is 11.5 Å². The van der Waals surface area contributed by atoms with Crippen LogP contribution >= 0.6 is 0 Å². The lowest BCUT2D eigenvalue weighted by atomic mass is 10.1. The van der Waals surface area contributed by atoms with Crippen molar-refractivity contribution in [3.05, 3.63) is 87.3 Å². The smallest absolute Gasteiger partial charge is 0.335 e. The second-order valence-electron chi connectivity index (χ2n) is 6.72. The standard InChI is InChI=1S/C24H23NO6/c1-29-20-12-18(13-21(30-2)23(20)31-3)5-4-16-10-11-25(22(26)14-16)15-17-6-8-19(9-7-17)24(27)28/h4-14H,15H2,1-3H3,(H,27,28)/b5-4+. The van der Waals surface area contributed by atoms with E-state index in [1.54, 1.807) is 50.3 Å². The van der Waals surface area contributed by atoms with Crippen LogP contribution in [0.15, 0.2) is 59.5 Å². The van der Waals surface area contributed by atoms with E-state index in [1.165, 1.54) is 12.1 Å². The fourth-order valence-electron chi connectivity index (χ4n) is 3.10. The molecule has 0 aliphatic rings. The van der Waals surface area contributed by atoms with Crippen molar-refractivity contribution in [2.24, 2.45) is 0 Å². The lowest BCUT2D eigenvalue weighted by Gasteiger charge is -2.12. The number of hydrogen-bond acceptors (Lipinski definition) is 5. The Labute approximate surface area is 179 Å². The third kappa shape index (κ3) is 5.14. The van der Waals surface area contributed by atoms with Crippen molar-refractivity contribution in [1.29, 1.82) is 0 Å². The van der Waals surface area contributed by atoms with E-state index in [-0.39, 0.29) is 11.1 Å². The van der Waals surface area contributed by atoms with Gasteiger partial charge in [0, 0.05) is 12.3 Å². The molecule has 0 bridgehead atoms. The topological polar surface area (TPSA) is 87.0 Å². The van der Waals surface area contributed by atoms with Crippen LogP contribution in [0.5, 0.6) is 17.2 Å². The molecule has 1 heterocycles. The van der Waals surface area contributed by atoms with Gasteiger partial charge in [0.05, 0.1) is 33.4 Å². The van der Waals surface area contributed by atoms with E-state index in [2.05, 4.69) is 0 Å². The van der Waals surface area contributed by atoms with Crippen LogP contribution in [0.2, 0.25) is 0 Å². The number of benzene rings is 2. The van der Waals surface area contributed by atoms with Crippen molar-refractivity contribution in [1.82, 2.24) is 4.57 Å². The quantitative estimate of drug-likeness (QED) is 0.596. The van der Waals surface area contributed by atoms with Gasteiger partial charge in [-0.05, 0) is 47.0 Å². The number of hydrogen-bond donors (Lipinski definition) is 1. The summed E-state index contributed by atoms with van der Waals surface area (Å²) in [6.45, 7) is 0.357. The molecule has 3 rings (SSSR count). The van der Waals surface area contributed by atoms with Crippen molar-refractivity contribution >= 4 is 18.1 Å². The number of carboxylic acid groups (broad SMARTS) is 1. The lowest BCUT2D eigenvalue weighted by Crippen LogP contribution is -2.19. The first-order valence-electron chi connectivity index (χ1n) is 9.46. The monoisotopic (exact) mass is 421 g/mol. The molecular weight excluding hydrogens is 398 g/mol. The van der Waals surface area contributed by atoms with E-state index in [1.807, 2.05) is 30.4 Å². The van der Waals surface area contributed by atoms with Gasteiger partial charge in [0.1, 0.15) is 0 Å². The van der Waals surface area contributed by atoms with Crippen molar-refractivity contribution in [2.75, 3.05) is 21.3 Å². The third-order valence-corrected chi connectivity index (χ3v) is 4.73. The molecular formula is C24H23NO6.